The van der Waals surface area contributed by atoms with Crippen LogP contribution in [0.2, 0.25) is 0 Å². The molecule has 0 amide bonds. The minimum atomic E-state index is 0.171. The van der Waals surface area contributed by atoms with Crippen molar-refractivity contribution in [3.63, 3.8) is 0 Å². The SMILES string of the molecule is CCC1(C(N)c2cc(C)oc2C)CC1. The number of rotatable bonds is 3. The van der Waals surface area contributed by atoms with Crippen LogP contribution in [-0.4, -0.2) is 0 Å². The molecule has 1 fully saturated rings. The zero-order valence-electron chi connectivity index (χ0n) is 9.26. The smallest absolute Gasteiger partial charge is 0.105 e. The van der Waals surface area contributed by atoms with Crippen LogP contribution >= 0.6 is 0 Å². The third-order valence-electron chi connectivity index (χ3n) is 3.67. The van der Waals surface area contributed by atoms with Crippen LogP contribution in [0.4, 0.5) is 0 Å². The van der Waals surface area contributed by atoms with Gasteiger partial charge < -0.3 is 10.2 Å². The van der Waals surface area contributed by atoms with Crippen LogP contribution in [0.25, 0.3) is 0 Å². The fraction of sp³-hybridized carbons (Fsp3) is 0.667. The Morgan fingerprint density at radius 2 is 2.14 bits per heavy atom. The first-order valence-corrected chi connectivity index (χ1v) is 5.41. The van der Waals surface area contributed by atoms with Crippen LogP contribution in [0.1, 0.15) is 49.3 Å². The van der Waals surface area contributed by atoms with E-state index >= 15 is 0 Å². The van der Waals surface area contributed by atoms with Gasteiger partial charge in [0, 0.05) is 11.6 Å². The second-order valence-electron chi connectivity index (χ2n) is 4.56. The maximum absolute atomic E-state index is 6.30. The Morgan fingerprint density at radius 1 is 1.50 bits per heavy atom. The summed E-state index contributed by atoms with van der Waals surface area (Å²) in [5.74, 6) is 1.97. The molecule has 0 aromatic carbocycles. The molecule has 1 unspecified atom stereocenters. The van der Waals surface area contributed by atoms with Crippen molar-refractivity contribution >= 4 is 0 Å². The fourth-order valence-electron chi connectivity index (χ4n) is 2.33. The van der Waals surface area contributed by atoms with Crippen LogP contribution in [0, 0.1) is 19.3 Å². The number of furan rings is 1. The summed E-state index contributed by atoms with van der Waals surface area (Å²) in [6.45, 7) is 6.22. The minimum Gasteiger partial charge on any atom is -0.466 e. The normalized spacial score (nSPS) is 20.9. The third-order valence-corrected chi connectivity index (χ3v) is 3.67. The molecule has 78 valence electrons. The molecule has 1 saturated carbocycles. The fourth-order valence-corrected chi connectivity index (χ4v) is 2.33. The lowest BCUT2D eigenvalue weighted by molar-refractivity contribution is 0.387. The van der Waals surface area contributed by atoms with E-state index in [9.17, 15) is 0 Å². The first-order valence-electron chi connectivity index (χ1n) is 5.41. The van der Waals surface area contributed by atoms with Gasteiger partial charge in [-0.15, -0.1) is 0 Å². The van der Waals surface area contributed by atoms with Crippen LogP contribution in [0.3, 0.4) is 0 Å². The first kappa shape index (κ1) is 9.78. The van der Waals surface area contributed by atoms with Gasteiger partial charge in [-0.3, -0.25) is 0 Å². The summed E-state index contributed by atoms with van der Waals surface area (Å²) in [4.78, 5) is 0. The van der Waals surface area contributed by atoms with Gasteiger partial charge >= 0.3 is 0 Å². The maximum Gasteiger partial charge on any atom is 0.105 e. The van der Waals surface area contributed by atoms with E-state index in [1.54, 1.807) is 0 Å². The van der Waals surface area contributed by atoms with E-state index in [1.807, 2.05) is 13.8 Å². The Bertz CT molecular complexity index is 336. The standard InChI is InChI=1S/C12H19NO/c1-4-12(5-6-12)11(13)10-7-8(2)14-9(10)3/h7,11H,4-6,13H2,1-3H3. The zero-order chi connectivity index (χ0) is 10.3. The molecule has 1 aromatic heterocycles. The Hall–Kier alpha value is -0.760. The predicted molar refractivity (Wildman–Crippen MR) is 57.1 cm³/mol. The third kappa shape index (κ3) is 1.38. The van der Waals surface area contributed by atoms with Crippen LogP contribution in [0.15, 0.2) is 10.5 Å². The minimum absolute atomic E-state index is 0.171. The number of aryl methyl sites for hydroxylation is 2. The molecule has 1 heterocycles. The highest BCUT2D eigenvalue weighted by Gasteiger charge is 2.47. The molecule has 1 aliphatic rings. The summed E-state index contributed by atoms with van der Waals surface area (Å²) in [5, 5.41) is 0. The molecule has 1 aliphatic carbocycles. The van der Waals surface area contributed by atoms with Crippen molar-refractivity contribution < 1.29 is 4.42 Å². The topological polar surface area (TPSA) is 39.2 Å². The van der Waals surface area contributed by atoms with Gasteiger partial charge in [0.05, 0.1) is 0 Å². The summed E-state index contributed by atoms with van der Waals surface area (Å²) in [5.41, 5.74) is 7.89. The Kier molecular flexibility index (Phi) is 2.18. The van der Waals surface area contributed by atoms with Crippen molar-refractivity contribution in [1.82, 2.24) is 0 Å². The van der Waals surface area contributed by atoms with Crippen molar-refractivity contribution in [2.75, 3.05) is 0 Å². The second-order valence-corrected chi connectivity index (χ2v) is 4.56. The monoisotopic (exact) mass is 193 g/mol. The Morgan fingerprint density at radius 3 is 2.50 bits per heavy atom. The van der Waals surface area contributed by atoms with Gasteiger partial charge in [0.25, 0.3) is 0 Å². The number of hydrogen-bond acceptors (Lipinski definition) is 2. The van der Waals surface area contributed by atoms with E-state index in [0.29, 0.717) is 5.41 Å². The van der Waals surface area contributed by atoms with E-state index in [0.717, 1.165) is 11.5 Å². The zero-order valence-corrected chi connectivity index (χ0v) is 9.26. The molecule has 2 N–H and O–H groups in total. The summed E-state index contributed by atoms with van der Waals surface area (Å²) in [6, 6.07) is 2.26. The van der Waals surface area contributed by atoms with Crippen molar-refractivity contribution in [2.24, 2.45) is 11.1 Å². The van der Waals surface area contributed by atoms with Crippen LogP contribution in [0.5, 0.6) is 0 Å². The summed E-state index contributed by atoms with van der Waals surface area (Å²) >= 11 is 0. The highest BCUT2D eigenvalue weighted by molar-refractivity contribution is 5.27. The van der Waals surface area contributed by atoms with E-state index in [2.05, 4.69) is 13.0 Å². The van der Waals surface area contributed by atoms with Gasteiger partial charge in [-0.2, -0.15) is 0 Å². The average molecular weight is 193 g/mol. The Balaban J connectivity index is 2.27. The molecule has 0 spiro atoms. The highest BCUT2D eigenvalue weighted by atomic mass is 16.3. The summed E-state index contributed by atoms with van der Waals surface area (Å²) in [7, 11) is 0. The van der Waals surface area contributed by atoms with Gasteiger partial charge in [-0.05, 0) is 44.6 Å². The van der Waals surface area contributed by atoms with Crippen molar-refractivity contribution in [3.05, 3.63) is 23.2 Å². The molecular formula is C12H19NO. The molecule has 1 atom stereocenters. The lowest BCUT2D eigenvalue weighted by Gasteiger charge is -2.21. The lowest BCUT2D eigenvalue weighted by atomic mass is 9.89. The molecule has 0 aliphatic heterocycles. The molecular weight excluding hydrogens is 174 g/mol. The predicted octanol–water partition coefficient (Wildman–Crippen LogP) is 3.09. The van der Waals surface area contributed by atoms with Crippen molar-refractivity contribution in [3.8, 4) is 0 Å². The summed E-state index contributed by atoms with van der Waals surface area (Å²) < 4.78 is 5.52. The van der Waals surface area contributed by atoms with E-state index < -0.39 is 0 Å². The van der Waals surface area contributed by atoms with Gasteiger partial charge in [-0.1, -0.05) is 6.92 Å². The maximum atomic E-state index is 6.30. The largest absolute Gasteiger partial charge is 0.466 e. The summed E-state index contributed by atoms with van der Waals surface area (Å²) in [6.07, 6.45) is 3.72. The lowest BCUT2D eigenvalue weighted by Crippen LogP contribution is -2.22. The molecule has 2 heteroatoms. The van der Waals surface area contributed by atoms with Gasteiger partial charge in [-0.25, -0.2) is 0 Å². The molecule has 1 aromatic rings. The van der Waals surface area contributed by atoms with Gasteiger partial charge in [0.1, 0.15) is 11.5 Å². The molecule has 0 radical (unpaired) electrons. The Labute approximate surface area is 85.5 Å². The van der Waals surface area contributed by atoms with Gasteiger partial charge in [0.2, 0.25) is 0 Å². The van der Waals surface area contributed by atoms with Gasteiger partial charge in [0.15, 0.2) is 0 Å². The van der Waals surface area contributed by atoms with E-state index in [1.165, 1.54) is 24.8 Å². The average Bonchev–Trinajstić information content (AvgIpc) is 2.87. The first-order chi connectivity index (χ1) is 6.59. The van der Waals surface area contributed by atoms with Crippen molar-refractivity contribution in [1.29, 1.82) is 0 Å². The van der Waals surface area contributed by atoms with Crippen LogP contribution < -0.4 is 5.73 Å². The van der Waals surface area contributed by atoms with E-state index in [-0.39, 0.29) is 6.04 Å². The molecule has 0 bridgehead atoms. The quantitative estimate of drug-likeness (QED) is 0.801. The molecule has 2 rings (SSSR count). The molecule has 0 saturated heterocycles. The van der Waals surface area contributed by atoms with Crippen LogP contribution in [-0.2, 0) is 0 Å². The van der Waals surface area contributed by atoms with E-state index in [4.69, 9.17) is 10.2 Å². The number of hydrogen-bond donors (Lipinski definition) is 1. The molecule has 14 heavy (non-hydrogen) atoms. The molecule has 2 nitrogen and oxygen atoms in total. The second kappa shape index (κ2) is 3.13. The van der Waals surface area contributed by atoms with Crippen molar-refractivity contribution in [2.45, 2.75) is 46.1 Å². The highest BCUT2D eigenvalue weighted by Crippen LogP contribution is 2.56. The number of nitrogens with two attached hydrogens (primary N) is 1.